The van der Waals surface area contributed by atoms with Gasteiger partial charge >= 0.3 is 5.97 Å². The number of carboxylic acid groups (broad SMARTS) is 1. The van der Waals surface area contributed by atoms with Gasteiger partial charge in [0.25, 0.3) is 0 Å². The molecule has 5 unspecified atom stereocenters. The molecule has 1 rings (SSSR count). The van der Waals surface area contributed by atoms with Gasteiger partial charge in [0.15, 0.2) is 5.96 Å². The number of benzene rings is 1. The van der Waals surface area contributed by atoms with E-state index >= 15 is 0 Å². The van der Waals surface area contributed by atoms with Gasteiger partial charge < -0.3 is 43.4 Å². The van der Waals surface area contributed by atoms with E-state index in [1.165, 1.54) is 12.1 Å². The summed E-state index contributed by atoms with van der Waals surface area (Å²) in [7, 11) is 0. The number of rotatable bonds is 17. The molecule has 0 aliphatic heterocycles. The van der Waals surface area contributed by atoms with Crippen LogP contribution in [-0.4, -0.2) is 70.6 Å². The zero-order valence-corrected chi connectivity index (χ0v) is 23.7. The molecule has 224 valence electrons. The van der Waals surface area contributed by atoms with E-state index in [1.54, 1.807) is 19.1 Å². The summed E-state index contributed by atoms with van der Waals surface area (Å²) in [6, 6.07) is 1.85. The zero-order chi connectivity index (χ0) is 30.4. The first-order valence-corrected chi connectivity index (χ1v) is 13.5. The number of nitrogens with two attached hydrogens (primary N) is 3. The lowest BCUT2D eigenvalue weighted by molar-refractivity contribution is -0.142. The van der Waals surface area contributed by atoms with Crippen LogP contribution < -0.4 is 33.2 Å². The molecule has 1 aromatic carbocycles. The van der Waals surface area contributed by atoms with Gasteiger partial charge in [-0.25, -0.2) is 4.79 Å². The summed E-state index contributed by atoms with van der Waals surface area (Å²) in [5.74, 6) is -3.25. The first kappa shape index (κ1) is 34.2. The van der Waals surface area contributed by atoms with Crippen LogP contribution in [0.2, 0.25) is 0 Å². The molecule has 0 fully saturated rings. The van der Waals surface area contributed by atoms with Crippen LogP contribution in [0, 0.1) is 11.8 Å². The van der Waals surface area contributed by atoms with Crippen molar-refractivity contribution in [3.05, 3.63) is 29.8 Å². The number of nitrogens with one attached hydrogen (secondary N) is 3. The summed E-state index contributed by atoms with van der Waals surface area (Å²) in [6.45, 7) is 7.72. The fraction of sp³-hybridized carbons (Fsp3) is 0.593. The Morgan fingerprint density at radius 3 is 2.05 bits per heavy atom. The Bertz CT molecular complexity index is 1010. The van der Waals surface area contributed by atoms with Crippen molar-refractivity contribution >= 4 is 29.7 Å². The Labute approximate surface area is 235 Å². The summed E-state index contributed by atoms with van der Waals surface area (Å²) in [5, 5.41) is 27.2. The van der Waals surface area contributed by atoms with Crippen LogP contribution in [-0.2, 0) is 25.6 Å². The van der Waals surface area contributed by atoms with Crippen LogP contribution in [0.5, 0.6) is 5.75 Å². The van der Waals surface area contributed by atoms with Crippen molar-refractivity contribution in [1.29, 1.82) is 0 Å². The maximum Gasteiger partial charge on any atom is 0.326 e. The summed E-state index contributed by atoms with van der Waals surface area (Å²) in [5.41, 5.74) is 17.2. The van der Waals surface area contributed by atoms with Gasteiger partial charge in [-0.1, -0.05) is 46.2 Å². The fourth-order valence-electron chi connectivity index (χ4n) is 3.95. The third-order valence-electron chi connectivity index (χ3n) is 6.42. The number of amides is 3. The Balaban J connectivity index is 3.15. The summed E-state index contributed by atoms with van der Waals surface area (Å²) in [6.07, 6.45) is 1.35. The topological polar surface area (TPSA) is 235 Å². The number of aliphatic imine (C=N–C) groups is 1. The van der Waals surface area contributed by atoms with Gasteiger partial charge in [0, 0.05) is 13.0 Å². The van der Waals surface area contributed by atoms with E-state index in [0.29, 0.717) is 24.8 Å². The van der Waals surface area contributed by atoms with Gasteiger partial charge in [-0.2, -0.15) is 0 Å². The van der Waals surface area contributed by atoms with Gasteiger partial charge in [-0.05, 0) is 48.8 Å². The predicted octanol–water partition coefficient (Wildman–Crippen LogP) is -0.0532. The van der Waals surface area contributed by atoms with Crippen LogP contribution in [0.25, 0.3) is 0 Å². The molecule has 3 amide bonds. The van der Waals surface area contributed by atoms with Crippen molar-refractivity contribution in [2.24, 2.45) is 34.0 Å². The molecule has 0 heterocycles. The first-order chi connectivity index (χ1) is 18.7. The van der Waals surface area contributed by atoms with E-state index < -0.39 is 47.9 Å². The zero-order valence-electron chi connectivity index (χ0n) is 23.7. The van der Waals surface area contributed by atoms with E-state index in [4.69, 9.17) is 17.2 Å². The van der Waals surface area contributed by atoms with Crippen LogP contribution in [0.3, 0.4) is 0 Å². The minimum absolute atomic E-state index is 0.00618. The number of aliphatic carboxylic acids is 1. The monoisotopic (exact) mass is 563 g/mol. The molecule has 5 atom stereocenters. The molecular formula is C27H45N7O6. The second-order valence-electron chi connectivity index (χ2n) is 10.4. The maximum absolute atomic E-state index is 13.4. The van der Waals surface area contributed by atoms with Gasteiger partial charge in [-0.3, -0.25) is 19.4 Å². The number of hydrogen-bond donors (Lipinski definition) is 8. The Kier molecular flexibility index (Phi) is 14.5. The average molecular weight is 564 g/mol. The van der Waals surface area contributed by atoms with Crippen LogP contribution in [0.4, 0.5) is 0 Å². The number of phenols is 1. The molecular weight excluding hydrogens is 518 g/mol. The van der Waals surface area contributed by atoms with Crippen LogP contribution >= 0.6 is 0 Å². The lowest BCUT2D eigenvalue weighted by atomic mass is 9.96. The number of hydrogen-bond acceptors (Lipinski definition) is 7. The first-order valence-electron chi connectivity index (χ1n) is 13.5. The molecule has 1 aromatic rings. The summed E-state index contributed by atoms with van der Waals surface area (Å²) >= 11 is 0. The van der Waals surface area contributed by atoms with Crippen molar-refractivity contribution in [2.75, 3.05) is 6.54 Å². The molecule has 0 bridgehead atoms. The molecule has 0 saturated heterocycles. The van der Waals surface area contributed by atoms with E-state index in [-0.39, 0.29) is 42.9 Å². The highest BCUT2D eigenvalue weighted by Crippen LogP contribution is 2.14. The quantitative estimate of drug-likeness (QED) is 0.0719. The normalized spacial score (nSPS) is 14.8. The fourth-order valence-corrected chi connectivity index (χ4v) is 3.95. The minimum atomic E-state index is -1.25. The lowest BCUT2D eigenvalue weighted by Crippen LogP contribution is -2.59. The van der Waals surface area contributed by atoms with Crippen molar-refractivity contribution < 1.29 is 29.4 Å². The molecule has 13 nitrogen and oxygen atoms in total. The van der Waals surface area contributed by atoms with Gasteiger partial charge in [-0.15, -0.1) is 0 Å². The van der Waals surface area contributed by atoms with Crippen molar-refractivity contribution in [1.82, 2.24) is 16.0 Å². The van der Waals surface area contributed by atoms with Crippen molar-refractivity contribution in [2.45, 2.75) is 84.0 Å². The third kappa shape index (κ3) is 12.3. The number of carboxylic acids is 1. The molecule has 0 aromatic heterocycles. The standard InChI is InChI=1S/C27H45N7O6/c1-5-16(4)22(34-23(36)19(28)13-15(2)3)25(38)33-21(14-17-8-10-18(35)11-9-17)24(37)32-20(26(39)40)7-6-12-31-27(29)30/h8-11,15-16,19-22,35H,5-7,12-14,28H2,1-4H3,(H,32,37)(H,33,38)(H,34,36)(H,39,40)(H4,29,30,31). The second kappa shape index (κ2) is 17.0. The van der Waals surface area contributed by atoms with Crippen molar-refractivity contribution in [3.63, 3.8) is 0 Å². The highest BCUT2D eigenvalue weighted by atomic mass is 16.4. The van der Waals surface area contributed by atoms with Crippen molar-refractivity contribution in [3.8, 4) is 5.75 Å². The number of guanidine groups is 1. The van der Waals surface area contributed by atoms with E-state index in [2.05, 4.69) is 20.9 Å². The largest absolute Gasteiger partial charge is 0.508 e. The Morgan fingerprint density at radius 1 is 0.925 bits per heavy atom. The lowest BCUT2D eigenvalue weighted by Gasteiger charge is -2.28. The number of carbonyl (C=O) groups excluding carboxylic acids is 3. The smallest absolute Gasteiger partial charge is 0.326 e. The number of nitrogens with zero attached hydrogens (tertiary/aromatic N) is 1. The average Bonchev–Trinajstić information content (AvgIpc) is 2.88. The number of carbonyl (C=O) groups is 4. The predicted molar refractivity (Wildman–Crippen MR) is 152 cm³/mol. The second-order valence-corrected chi connectivity index (χ2v) is 10.4. The molecule has 40 heavy (non-hydrogen) atoms. The highest BCUT2D eigenvalue weighted by Gasteiger charge is 2.32. The molecule has 0 spiro atoms. The van der Waals surface area contributed by atoms with E-state index in [9.17, 15) is 29.4 Å². The van der Waals surface area contributed by atoms with Crippen LogP contribution in [0.15, 0.2) is 29.3 Å². The molecule has 0 radical (unpaired) electrons. The highest BCUT2D eigenvalue weighted by molar-refractivity contribution is 5.94. The minimum Gasteiger partial charge on any atom is -0.508 e. The summed E-state index contributed by atoms with van der Waals surface area (Å²) < 4.78 is 0. The van der Waals surface area contributed by atoms with Gasteiger partial charge in [0.1, 0.15) is 23.9 Å². The Morgan fingerprint density at radius 2 is 1.52 bits per heavy atom. The summed E-state index contributed by atoms with van der Waals surface area (Å²) in [4.78, 5) is 55.1. The molecule has 0 aliphatic carbocycles. The van der Waals surface area contributed by atoms with Gasteiger partial charge in [0.2, 0.25) is 17.7 Å². The number of aromatic hydroxyl groups is 1. The molecule has 13 heteroatoms. The van der Waals surface area contributed by atoms with Gasteiger partial charge in [0.05, 0.1) is 6.04 Å². The van der Waals surface area contributed by atoms with Crippen LogP contribution in [0.1, 0.15) is 58.9 Å². The SMILES string of the molecule is CCC(C)C(NC(=O)C(N)CC(C)C)C(=O)NC(Cc1ccc(O)cc1)C(=O)NC(CCCN=C(N)N)C(=O)O. The third-order valence-corrected chi connectivity index (χ3v) is 6.42. The molecule has 0 aliphatic rings. The maximum atomic E-state index is 13.4. The number of phenolic OH excluding ortho intramolecular Hbond substituents is 1. The Hall–Kier alpha value is -3.87. The van der Waals surface area contributed by atoms with E-state index in [1.807, 2.05) is 20.8 Å². The van der Waals surface area contributed by atoms with E-state index in [0.717, 1.165) is 0 Å². The molecule has 11 N–H and O–H groups in total. The molecule has 0 saturated carbocycles.